The first-order chi connectivity index (χ1) is 12.3. The van der Waals surface area contributed by atoms with Gasteiger partial charge in [0, 0.05) is 41.4 Å². The number of benzene rings is 2. The van der Waals surface area contributed by atoms with Gasteiger partial charge in [0.2, 0.25) is 5.91 Å². The van der Waals surface area contributed by atoms with Crippen LogP contribution >= 0.6 is 0 Å². The molecule has 1 unspecified atom stereocenters. The van der Waals surface area contributed by atoms with E-state index >= 15 is 0 Å². The average Bonchev–Trinajstić information content (AvgIpc) is 3.15. The number of nitrogens with one attached hydrogen (secondary N) is 2. The van der Waals surface area contributed by atoms with Gasteiger partial charge < -0.3 is 9.88 Å². The maximum absolute atomic E-state index is 12.8. The summed E-state index contributed by atoms with van der Waals surface area (Å²) >= 11 is 0. The zero-order valence-corrected chi connectivity index (χ0v) is 15.3. The molecule has 1 amide bonds. The minimum Gasteiger partial charge on any atom is -0.361 e. The lowest BCUT2D eigenvalue weighted by atomic mass is 10.1. The standard InChI is InChI=1S/C19H19N3O3S/c1-12-9-15-11-17(4-6-19(15)22(12)13(2)23)26(24,25)21-16-3-5-18-14(10-16)7-8-20-18/h3-8,10-12,20-21H,9H2,1-2H3. The molecule has 134 valence electrons. The number of carbonyl (C=O) groups excluding carboxylic acids is 1. The van der Waals surface area contributed by atoms with Crippen LogP contribution in [0.15, 0.2) is 53.6 Å². The van der Waals surface area contributed by atoms with Crippen molar-refractivity contribution in [2.45, 2.75) is 31.2 Å². The van der Waals surface area contributed by atoms with Gasteiger partial charge in [-0.15, -0.1) is 0 Å². The number of nitrogens with zero attached hydrogens (tertiary/aromatic N) is 1. The van der Waals surface area contributed by atoms with Crippen molar-refractivity contribution >= 4 is 38.2 Å². The smallest absolute Gasteiger partial charge is 0.261 e. The second-order valence-electron chi connectivity index (χ2n) is 6.62. The molecule has 6 nitrogen and oxygen atoms in total. The summed E-state index contributed by atoms with van der Waals surface area (Å²) in [5.41, 5.74) is 3.12. The van der Waals surface area contributed by atoms with Crippen LogP contribution in [0.3, 0.4) is 0 Å². The Balaban J connectivity index is 1.66. The number of carbonyl (C=O) groups is 1. The van der Waals surface area contributed by atoms with E-state index in [4.69, 9.17) is 0 Å². The van der Waals surface area contributed by atoms with Crippen LogP contribution in [0.2, 0.25) is 0 Å². The molecular weight excluding hydrogens is 350 g/mol. The van der Waals surface area contributed by atoms with Crippen molar-refractivity contribution < 1.29 is 13.2 Å². The monoisotopic (exact) mass is 369 g/mol. The number of anilines is 2. The predicted octanol–water partition coefficient (Wildman–Crippen LogP) is 3.27. The Hall–Kier alpha value is -2.80. The first-order valence-electron chi connectivity index (χ1n) is 8.38. The zero-order chi connectivity index (χ0) is 18.5. The molecule has 3 aromatic rings. The maximum Gasteiger partial charge on any atom is 0.261 e. The Bertz CT molecular complexity index is 1120. The lowest BCUT2D eigenvalue weighted by molar-refractivity contribution is -0.116. The Kier molecular flexibility index (Phi) is 3.77. The summed E-state index contributed by atoms with van der Waals surface area (Å²) in [5.74, 6) is -0.0372. The number of amides is 1. The summed E-state index contributed by atoms with van der Waals surface area (Å²) in [7, 11) is -3.71. The van der Waals surface area contributed by atoms with Gasteiger partial charge in [0.25, 0.3) is 10.0 Å². The van der Waals surface area contributed by atoms with Gasteiger partial charge in [-0.3, -0.25) is 9.52 Å². The lowest BCUT2D eigenvalue weighted by Gasteiger charge is -2.20. The number of sulfonamides is 1. The number of hydrogen-bond donors (Lipinski definition) is 2. The minimum atomic E-state index is -3.71. The molecular formula is C19H19N3O3S. The summed E-state index contributed by atoms with van der Waals surface area (Å²) in [4.78, 5) is 16.8. The highest BCUT2D eigenvalue weighted by Crippen LogP contribution is 2.34. The third-order valence-corrected chi connectivity index (χ3v) is 6.10. The Labute approximate surface area is 151 Å². The highest BCUT2D eigenvalue weighted by atomic mass is 32.2. The van der Waals surface area contributed by atoms with Crippen molar-refractivity contribution in [1.29, 1.82) is 0 Å². The van der Waals surface area contributed by atoms with Crippen LogP contribution in [-0.4, -0.2) is 25.4 Å². The Morgan fingerprint density at radius 3 is 2.77 bits per heavy atom. The van der Waals surface area contributed by atoms with Crippen molar-refractivity contribution in [2.75, 3.05) is 9.62 Å². The highest BCUT2D eigenvalue weighted by molar-refractivity contribution is 7.92. The Morgan fingerprint density at radius 1 is 1.19 bits per heavy atom. The lowest BCUT2D eigenvalue weighted by Crippen LogP contribution is -2.33. The van der Waals surface area contributed by atoms with Gasteiger partial charge in [0.15, 0.2) is 0 Å². The third-order valence-electron chi connectivity index (χ3n) is 4.72. The summed E-state index contributed by atoms with van der Waals surface area (Å²) in [6, 6.07) is 12.2. The van der Waals surface area contributed by atoms with E-state index in [9.17, 15) is 13.2 Å². The molecule has 0 saturated carbocycles. The van der Waals surface area contributed by atoms with Crippen LogP contribution < -0.4 is 9.62 Å². The predicted molar refractivity (Wildman–Crippen MR) is 102 cm³/mol. The van der Waals surface area contributed by atoms with Crippen molar-refractivity contribution in [3.8, 4) is 0 Å². The van der Waals surface area contributed by atoms with E-state index in [1.54, 1.807) is 35.2 Å². The number of hydrogen-bond acceptors (Lipinski definition) is 3. The molecule has 0 radical (unpaired) electrons. The second-order valence-corrected chi connectivity index (χ2v) is 8.30. The van der Waals surface area contributed by atoms with E-state index in [-0.39, 0.29) is 16.8 Å². The molecule has 1 atom stereocenters. The molecule has 2 heterocycles. The molecule has 1 aliphatic rings. The quantitative estimate of drug-likeness (QED) is 0.743. The van der Waals surface area contributed by atoms with Crippen molar-refractivity contribution in [3.05, 3.63) is 54.2 Å². The van der Waals surface area contributed by atoms with Gasteiger partial charge in [-0.1, -0.05) is 0 Å². The SMILES string of the molecule is CC(=O)N1c2ccc(S(=O)(=O)Nc3ccc4[nH]ccc4c3)cc2CC1C. The average molecular weight is 369 g/mol. The summed E-state index contributed by atoms with van der Waals surface area (Å²) in [6.45, 7) is 3.48. The molecule has 0 aliphatic carbocycles. The van der Waals surface area contributed by atoms with E-state index in [1.807, 2.05) is 25.3 Å². The van der Waals surface area contributed by atoms with Crippen molar-refractivity contribution in [2.24, 2.45) is 0 Å². The zero-order valence-electron chi connectivity index (χ0n) is 14.5. The largest absolute Gasteiger partial charge is 0.361 e. The molecule has 0 fully saturated rings. The normalized spacial score (nSPS) is 16.7. The molecule has 0 bridgehead atoms. The first-order valence-corrected chi connectivity index (χ1v) is 9.86. The van der Waals surface area contributed by atoms with E-state index in [1.165, 1.54) is 6.92 Å². The molecule has 4 rings (SSSR count). The van der Waals surface area contributed by atoms with Gasteiger partial charge in [-0.2, -0.15) is 0 Å². The van der Waals surface area contributed by atoms with Gasteiger partial charge in [-0.05, 0) is 61.4 Å². The summed E-state index contributed by atoms with van der Waals surface area (Å²) in [6.07, 6.45) is 2.46. The summed E-state index contributed by atoms with van der Waals surface area (Å²) in [5, 5.41) is 0.935. The van der Waals surface area contributed by atoms with E-state index in [0.29, 0.717) is 12.1 Å². The van der Waals surface area contributed by atoms with Crippen LogP contribution in [0.1, 0.15) is 19.4 Å². The topological polar surface area (TPSA) is 82.3 Å². The molecule has 2 N–H and O–H groups in total. The summed E-state index contributed by atoms with van der Waals surface area (Å²) < 4.78 is 28.2. The van der Waals surface area contributed by atoms with Crippen molar-refractivity contribution in [3.63, 3.8) is 0 Å². The van der Waals surface area contributed by atoms with E-state index in [2.05, 4.69) is 9.71 Å². The Morgan fingerprint density at radius 2 is 2.00 bits per heavy atom. The molecule has 0 spiro atoms. The van der Waals surface area contributed by atoms with Gasteiger partial charge >= 0.3 is 0 Å². The van der Waals surface area contributed by atoms with E-state index < -0.39 is 10.0 Å². The van der Waals surface area contributed by atoms with Crippen LogP contribution in [-0.2, 0) is 21.2 Å². The number of rotatable bonds is 3. The van der Waals surface area contributed by atoms with E-state index in [0.717, 1.165) is 22.2 Å². The molecule has 1 aromatic heterocycles. The fourth-order valence-corrected chi connectivity index (χ4v) is 4.69. The van der Waals surface area contributed by atoms with Gasteiger partial charge in [0.1, 0.15) is 0 Å². The number of fused-ring (bicyclic) bond motifs is 2. The number of aromatic amines is 1. The molecule has 2 aromatic carbocycles. The number of aromatic nitrogens is 1. The fourth-order valence-electron chi connectivity index (χ4n) is 3.59. The van der Waals surface area contributed by atoms with Crippen LogP contribution in [0.4, 0.5) is 11.4 Å². The van der Waals surface area contributed by atoms with Gasteiger partial charge in [-0.25, -0.2) is 8.42 Å². The number of H-pyrrole nitrogens is 1. The molecule has 7 heteroatoms. The molecule has 26 heavy (non-hydrogen) atoms. The second kappa shape index (κ2) is 5.88. The van der Waals surface area contributed by atoms with Crippen LogP contribution in [0.25, 0.3) is 10.9 Å². The van der Waals surface area contributed by atoms with Gasteiger partial charge in [0.05, 0.1) is 4.90 Å². The third kappa shape index (κ3) is 2.74. The highest BCUT2D eigenvalue weighted by Gasteiger charge is 2.30. The van der Waals surface area contributed by atoms with Crippen molar-refractivity contribution in [1.82, 2.24) is 4.98 Å². The fraction of sp³-hybridized carbons (Fsp3) is 0.211. The van der Waals surface area contributed by atoms with Crippen LogP contribution in [0, 0.1) is 0 Å². The maximum atomic E-state index is 12.8. The molecule has 0 saturated heterocycles. The molecule has 1 aliphatic heterocycles. The minimum absolute atomic E-state index is 0.0319. The van der Waals surface area contributed by atoms with Crippen LogP contribution in [0.5, 0.6) is 0 Å². The first kappa shape index (κ1) is 16.7.